The maximum Gasteiger partial charge on any atom is 0.411 e. The van der Waals surface area contributed by atoms with Gasteiger partial charge in [-0.3, -0.25) is 10.0 Å². The van der Waals surface area contributed by atoms with Crippen LogP contribution < -0.4 is 10.0 Å². The third-order valence-electron chi connectivity index (χ3n) is 2.90. The molecule has 0 spiro atoms. The molecule has 1 amide bonds. The van der Waals surface area contributed by atoms with Gasteiger partial charge in [0.25, 0.3) is 10.0 Å². The number of carbonyl (C=O) groups is 1. The zero-order chi connectivity index (χ0) is 17.9. The highest BCUT2D eigenvalue weighted by atomic mass is 35.5. The van der Waals surface area contributed by atoms with Gasteiger partial charge in [0.05, 0.1) is 28.4 Å². The second-order valence-corrected chi connectivity index (χ2v) is 6.95. The van der Waals surface area contributed by atoms with Crippen LogP contribution in [0.15, 0.2) is 41.3 Å². The zero-order valence-corrected chi connectivity index (χ0v) is 14.5. The fraction of sp³-hybridized carbons (Fsp3) is 0.0714. The topological polar surface area (TPSA) is 105 Å². The average Bonchev–Trinajstić information content (AvgIpc) is 2.56. The molecule has 0 unspecified atom stereocenters. The summed E-state index contributed by atoms with van der Waals surface area (Å²) in [5.74, 6) is -0.591. The fourth-order valence-corrected chi connectivity index (χ4v) is 3.39. The number of aromatic hydroxyl groups is 1. The monoisotopic (exact) mass is 390 g/mol. The second kappa shape index (κ2) is 7.16. The first-order valence-corrected chi connectivity index (χ1v) is 8.64. The van der Waals surface area contributed by atoms with Crippen LogP contribution in [0.25, 0.3) is 0 Å². The molecule has 2 rings (SSSR count). The molecular formula is C14H12Cl2N2O5S. The third kappa shape index (κ3) is 3.84. The van der Waals surface area contributed by atoms with Crippen LogP contribution >= 0.6 is 23.2 Å². The van der Waals surface area contributed by atoms with E-state index < -0.39 is 21.9 Å². The summed E-state index contributed by atoms with van der Waals surface area (Å²) in [6.07, 6.45) is -0.851. The maximum absolute atomic E-state index is 12.3. The molecule has 2 aromatic carbocycles. The molecule has 0 saturated heterocycles. The van der Waals surface area contributed by atoms with Crippen LogP contribution in [0.1, 0.15) is 0 Å². The third-order valence-corrected chi connectivity index (χ3v) is 4.95. The molecule has 0 fully saturated rings. The van der Waals surface area contributed by atoms with Gasteiger partial charge >= 0.3 is 6.09 Å². The number of benzene rings is 2. The van der Waals surface area contributed by atoms with Crippen LogP contribution in [0.3, 0.4) is 0 Å². The molecule has 0 heterocycles. The number of methoxy groups -OCH3 is 1. The number of hydrogen-bond donors (Lipinski definition) is 3. The number of phenolic OH excluding ortho intramolecular Hbond substituents is 1. The molecule has 0 bridgehead atoms. The second-order valence-electron chi connectivity index (χ2n) is 4.48. The van der Waals surface area contributed by atoms with Crippen molar-refractivity contribution in [2.24, 2.45) is 0 Å². The lowest BCUT2D eigenvalue weighted by Crippen LogP contribution is -2.14. The molecule has 10 heteroatoms. The molecule has 3 N–H and O–H groups in total. The Hall–Kier alpha value is -2.16. The Morgan fingerprint density at radius 2 is 1.83 bits per heavy atom. The van der Waals surface area contributed by atoms with E-state index in [-0.39, 0.29) is 26.3 Å². The Morgan fingerprint density at radius 1 is 1.21 bits per heavy atom. The number of sulfonamides is 1. The lowest BCUT2D eigenvalue weighted by Gasteiger charge is -2.15. The summed E-state index contributed by atoms with van der Waals surface area (Å²) in [6.45, 7) is 0. The van der Waals surface area contributed by atoms with E-state index in [2.05, 4.69) is 14.8 Å². The summed E-state index contributed by atoms with van der Waals surface area (Å²) >= 11 is 11.9. The van der Waals surface area contributed by atoms with Crippen LogP contribution in [0.5, 0.6) is 5.75 Å². The quantitative estimate of drug-likeness (QED) is 0.690. The highest BCUT2D eigenvalue weighted by Crippen LogP contribution is 2.43. The number of phenols is 1. The molecule has 0 aromatic heterocycles. The highest BCUT2D eigenvalue weighted by molar-refractivity contribution is 7.92. The number of rotatable bonds is 4. The van der Waals surface area contributed by atoms with Gasteiger partial charge in [0.1, 0.15) is 5.02 Å². The lowest BCUT2D eigenvalue weighted by atomic mass is 10.2. The number of hydrogen-bond acceptors (Lipinski definition) is 5. The van der Waals surface area contributed by atoms with Gasteiger partial charge < -0.3 is 9.84 Å². The van der Waals surface area contributed by atoms with Gasteiger partial charge in [-0.05, 0) is 18.2 Å². The largest absolute Gasteiger partial charge is 0.504 e. The average molecular weight is 391 g/mol. The van der Waals surface area contributed by atoms with E-state index in [0.717, 1.165) is 13.2 Å². The number of halogens is 2. The minimum absolute atomic E-state index is 0.00610. The van der Waals surface area contributed by atoms with Crippen molar-refractivity contribution < 1.29 is 23.1 Å². The van der Waals surface area contributed by atoms with Gasteiger partial charge in [-0.15, -0.1) is 0 Å². The Bertz CT molecular complexity index is 872. The van der Waals surface area contributed by atoms with E-state index in [1.807, 2.05) is 0 Å². The van der Waals surface area contributed by atoms with Crippen LogP contribution in [0.4, 0.5) is 16.2 Å². The molecule has 0 aliphatic carbocycles. The van der Waals surface area contributed by atoms with E-state index in [9.17, 15) is 18.3 Å². The first kappa shape index (κ1) is 18.2. The van der Waals surface area contributed by atoms with Crippen LogP contribution in [0.2, 0.25) is 10.0 Å². The standard InChI is InChI=1S/C14H12Cl2N2O5S/c1-23-14(20)17-12-9(15)7-10(13(19)11(12)16)18-24(21,22)8-5-3-2-4-6-8/h2-7,18-19H,1H3,(H,17,20). The van der Waals surface area contributed by atoms with Crippen LogP contribution in [-0.2, 0) is 14.8 Å². The van der Waals surface area contributed by atoms with E-state index in [1.54, 1.807) is 18.2 Å². The Balaban J connectivity index is 2.41. The summed E-state index contributed by atoms with van der Waals surface area (Å²) in [4.78, 5) is 11.2. The van der Waals surface area contributed by atoms with Crippen molar-refractivity contribution in [1.29, 1.82) is 0 Å². The van der Waals surface area contributed by atoms with Crippen molar-refractivity contribution in [2.45, 2.75) is 4.90 Å². The zero-order valence-electron chi connectivity index (χ0n) is 12.2. The highest BCUT2D eigenvalue weighted by Gasteiger charge is 2.21. The number of nitrogens with one attached hydrogen (secondary N) is 2. The SMILES string of the molecule is COC(=O)Nc1c(Cl)cc(NS(=O)(=O)c2ccccc2)c(O)c1Cl. The van der Waals surface area contributed by atoms with E-state index in [4.69, 9.17) is 23.2 Å². The summed E-state index contributed by atoms with van der Waals surface area (Å²) in [7, 11) is -2.81. The van der Waals surface area contributed by atoms with Crippen LogP contribution in [0, 0.1) is 0 Å². The van der Waals surface area contributed by atoms with Gasteiger partial charge in [-0.25, -0.2) is 13.2 Å². The molecule has 0 atom stereocenters. The lowest BCUT2D eigenvalue weighted by molar-refractivity contribution is 0.187. The smallest absolute Gasteiger partial charge is 0.411 e. The molecule has 0 saturated carbocycles. The minimum Gasteiger partial charge on any atom is -0.504 e. The summed E-state index contributed by atoms with van der Waals surface area (Å²) in [6, 6.07) is 8.66. The van der Waals surface area contributed by atoms with Gasteiger partial charge in [0.15, 0.2) is 5.75 Å². The van der Waals surface area contributed by atoms with E-state index in [0.29, 0.717) is 0 Å². The van der Waals surface area contributed by atoms with E-state index in [1.165, 1.54) is 12.1 Å². The fourth-order valence-electron chi connectivity index (χ4n) is 1.76. The predicted molar refractivity (Wildman–Crippen MR) is 91.4 cm³/mol. The maximum atomic E-state index is 12.3. The summed E-state index contributed by atoms with van der Waals surface area (Å²) in [5.41, 5.74) is -0.338. The molecule has 0 radical (unpaired) electrons. The van der Waals surface area contributed by atoms with Gasteiger partial charge in [0.2, 0.25) is 0 Å². The number of amides is 1. The summed E-state index contributed by atoms with van der Waals surface area (Å²) in [5, 5.41) is 11.9. The Kier molecular flexibility index (Phi) is 5.43. The van der Waals surface area contributed by atoms with Crippen molar-refractivity contribution >= 4 is 50.7 Å². The Labute approximate surface area is 148 Å². The van der Waals surface area contributed by atoms with E-state index >= 15 is 0 Å². The number of carbonyl (C=O) groups excluding carboxylic acids is 1. The number of anilines is 2. The van der Waals surface area contributed by atoms with Gasteiger partial charge in [0, 0.05) is 0 Å². The summed E-state index contributed by atoms with van der Waals surface area (Å²) < 4.78 is 31.2. The number of ether oxygens (including phenoxy) is 1. The van der Waals surface area contributed by atoms with Crippen molar-refractivity contribution in [3.63, 3.8) is 0 Å². The molecule has 0 aliphatic rings. The molecule has 2 aromatic rings. The first-order valence-electron chi connectivity index (χ1n) is 6.40. The van der Waals surface area contributed by atoms with Gasteiger partial charge in [-0.2, -0.15) is 0 Å². The minimum atomic E-state index is -3.95. The van der Waals surface area contributed by atoms with Crippen molar-refractivity contribution in [2.75, 3.05) is 17.1 Å². The first-order chi connectivity index (χ1) is 11.3. The van der Waals surface area contributed by atoms with Crippen molar-refractivity contribution in [1.82, 2.24) is 0 Å². The molecule has 7 nitrogen and oxygen atoms in total. The van der Waals surface area contributed by atoms with Crippen LogP contribution in [-0.4, -0.2) is 26.7 Å². The molecule has 24 heavy (non-hydrogen) atoms. The molecular weight excluding hydrogens is 379 g/mol. The normalized spacial score (nSPS) is 11.0. The predicted octanol–water partition coefficient (Wildman–Crippen LogP) is 3.68. The molecule has 128 valence electrons. The van der Waals surface area contributed by atoms with Gasteiger partial charge in [-0.1, -0.05) is 41.4 Å². The Morgan fingerprint density at radius 3 is 2.42 bits per heavy atom. The molecule has 0 aliphatic heterocycles. The van der Waals surface area contributed by atoms with Crippen molar-refractivity contribution in [3.8, 4) is 5.75 Å². The van der Waals surface area contributed by atoms with Crippen molar-refractivity contribution in [3.05, 3.63) is 46.4 Å².